The highest BCUT2D eigenvalue weighted by atomic mass is 16.6. The number of hydrogen-bond acceptors (Lipinski definition) is 4. The first kappa shape index (κ1) is 33.8. The molecule has 34 heavy (non-hydrogen) atoms. The Hall–Kier alpha value is -0.160. The SMILES string of the molecule is CCCCCCCCCCCCCCCCOCCOCCOCCOCCCCCCCC. The second-order valence-electron chi connectivity index (χ2n) is 9.81. The molecule has 0 heterocycles. The van der Waals surface area contributed by atoms with Crippen LogP contribution in [0.3, 0.4) is 0 Å². The van der Waals surface area contributed by atoms with Gasteiger partial charge in [-0.3, -0.25) is 0 Å². The highest BCUT2D eigenvalue weighted by Crippen LogP contribution is 2.13. The van der Waals surface area contributed by atoms with Gasteiger partial charge in [0.15, 0.2) is 0 Å². The third-order valence-electron chi connectivity index (χ3n) is 6.40. The van der Waals surface area contributed by atoms with Gasteiger partial charge >= 0.3 is 0 Å². The Bertz CT molecular complexity index is 306. The minimum absolute atomic E-state index is 0.638. The molecule has 0 atom stereocenters. The molecule has 0 aromatic carbocycles. The largest absolute Gasteiger partial charge is 0.379 e. The van der Waals surface area contributed by atoms with Gasteiger partial charge in [-0.25, -0.2) is 0 Å². The maximum atomic E-state index is 5.67. The second kappa shape index (κ2) is 32.8. The van der Waals surface area contributed by atoms with Crippen molar-refractivity contribution in [3.05, 3.63) is 0 Å². The molecule has 0 aliphatic rings. The van der Waals surface area contributed by atoms with Gasteiger partial charge in [0.05, 0.1) is 39.6 Å². The van der Waals surface area contributed by atoms with Crippen LogP contribution in [0.2, 0.25) is 0 Å². The zero-order valence-corrected chi connectivity index (χ0v) is 23.4. The maximum absolute atomic E-state index is 5.67. The zero-order chi connectivity index (χ0) is 24.6. The van der Waals surface area contributed by atoms with Crippen molar-refractivity contribution in [1.29, 1.82) is 0 Å². The molecule has 0 aliphatic carbocycles. The first-order valence-electron chi connectivity index (χ1n) is 15.2. The van der Waals surface area contributed by atoms with Crippen LogP contribution in [0, 0.1) is 0 Å². The van der Waals surface area contributed by atoms with E-state index < -0.39 is 0 Å². The third-order valence-corrected chi connectivity index (χ3v) is 6.40. The number of ether oxygens (including phenoxy) is 4. The lowest BCUT2D eigenvalue weighted by molar-refractivity contribution is -0.00248. The summed E-state index contributed by atoms with van der Waals surface area (Å²) >= 11 is 0. The average Bonchev–Trinajstić information content (AvgIpc) is 2.85. The lowest BCUT2D eigenvalue weighted by Crippen LogP contribution is -2.12. The van der Waals surface area contributed by atoms with Crippen LogP contribution in [0.25, 0.3) is 0 Å². The number of unbranched alkanes of at least 4 members (excludes halogenated alkanes) is 18. The van der Waals surface area contributed by atoms with E-state index in [4.69, 9.17) is 18.9 Å². The van der Waals surface area contributed by atoms with E-state index in [1.165, 1.54) is 128 Å². The molecule has 0 aromatic heterocycles. The van der Waals surface area contributed by atoms with Crippen molar-refractivity contribution < 1.29 is 18.9 Å². The molecular weight excluding hydrogens is 424 g/mol. The number of hydrogen-bond donors (Lipinski definition) is 0. The number of rotatable bonds is 31. The maximum Gasteiger partial charge on any atom is 0.0701 e. The van der Waals surface area contributed by atoms with Crippen molar-refractivity contribution in [2.75, 3.05) is 52.9 Å². The summed E-state index contributed by atoms with van der Waals surface area (Å²) < 4.78 is 22.4. The lowest BCUT2D eigenvalue weighted by Gasteiger charge is -2.08. The molecule has 0 amide bonds. The van der Waals surface area contributed by atoms with E-state index in [-0.39, 0.29) is 0 Å². The summed E-state index contributed by atoms with van der Waals surface area (Å²) in [5.74, 6) is 0. The molecule has 0 saturated heterocycles. The topological polar surface area (TPSA) is 36.9 Å². The average molecular weight is 487 g/mol. The molecule has 0 spiro atoms. The molecule has 0 rings (SSSR count). The first-order chi connectivity index (χ1) is 16.9. The second-order valence-corrected chi connectivity index (χ2v) is 9.81. The van der Waals surface area contributed by atoms with Gasteiger partial charge in [0, 0.05) is 13.2 Å². The van der Waals surface area contributed by atoms with Crippen LogP contribution in [-0.4, -0.2) is 52.9 Å². The van der Waals surface area contributed by atoms with E-state index in [0.717, 1.165) is 13.2 Å². The van der Waals surface area contributed by atoms with E-state index in [1.807, 2.05) is 0 Å². The fourth-order valence-corrected chi connectivity index (χ4v) is 4.14. The molecule has 0 fully saturated rings. The molecular formula is C30H62O4. The Morgan fingerprint density at radius 3 is 0.706 bits per heavy atom. The van der Waals surface area contributed by atoms with Crippen LogP contribution >= 0.6 is 0 Å². The van der Waals surface area contributed by atoms with Crippen molar-refractivity contribution >= 4 is 0 Å². The van der Waals surface area contributed by atoms with Crippen LogP contribution in [0.4, 0.5) is 0 Å². The normalized spacial score (nSPS) is 11.5. The summed E-state index contributed by atoms with van der Waals surface area (Å²) in [5.41, 5.74) is 0. The van der Waals surface area contributed by atoms with Crippen LogP contribution in [0.15, 0.2) is 0 Å². The summed E-state index contributed by atoms with van der Waals surface area (Å²) in [4.78, 5) is 0. The molecule has 0 aromatic rings. The predicted molar refractivity (Wildman–Crippen MR) is 147 cm³/mol. The molecule has 0 N–H and O–H groups in total. The van der Waals surface area contributed by atoms with Gasteiger partial charge in [-0.1, -0.05) is 129 Å². The summed E-state index contributed by atoms with van der Waals surface area (Å²) in [5, 5.41) is 0. The van der Waals surface area contributed by atoms with E-state index in [1.54, 1.807) is 0 Å². The monoisotopic (exact) mass is 486 g/mol. The Morgan fingerprint density at radius 2 is 0.441 bits per heavy atom. The lowest BCUT2D eigenvalue weighted by atomic mass is 10.0. The van der Waals surface area contributed by atoms with Gasteiger partial charge in [-0.15, -0.1) is 0 Å². The molecule has 206 valence electrons. The summed E-state index contributed by atoms with van der Waals surface area (Å²) in [6.45, 7) is 10.3. The predicted octanol–water partition coefficient (Wildman–Crippen LogP) is 8.89. The van der Waals surface area contributed by atoms with Crippen LogP contribution in [0.1, 0.15) is 142 Å². The Labute approximate surface area is 214 Å². The van der Waals surface area contributed by atoms with Gasteiger partial charge in [-0.05, 0) is 12.8 Å². The fraction of sp³-hybridized carbons (Fsp3) is 1.00. The molecule has 0 bridgehead atoms. The Kier molecular flexibility index (Phi) is 32.7. The molecule has 4 nitrogen and oxygen atoms in total. The van der Waals surface area contributed by atoms with Crippen molar-refractivity contribution in [3.8, 4) is 0 Å². The highest BCUT2D eigenvalue weighted by Gasteiger charge is 1.96. The van der Waals surface area contributed by atoms with Crippen molar-refractivity contribution in [3.63, 3.8) is 0 Å². The molecule has 4 heteroatoms. The first-order valence-corrected chi connectivity index (χ1v) is 15.2. The van der Waals surface area contributed by atoms with E-state index in [9.17, 15) is 0 Å². The van der Waals surface area contributed by atoms with Crippen LogP contribution < -0.4 is 0 Å². The zero-order valence-electron chi connectivity index (χ0n) is 23.4. The Balaban J connectivity index is 2.99. The van der Waals surface area contributed by atoms with Crippen molar-refractivity contribution in [2.45, 2.75) is 142 Å². The van der Waals surface area contributed by atoms with Gasteiger partial charge in [0.1, 0.15) is 0 Å². The molecule has 0 saturated carbocycles. The third kappa shape index (κ3) is 31.8. The van der Waals surface area contributed by atoms with E-state index in [2.05, 4.69) is 13.8 Å². The van der Waals surface area contributed by atoms with Gasteiger partial charge in [-0.2, -0.15) is 0 Å². The van der Waals surface area contributed by atoms with Crippen LogP contribution in [-0.2, 0) is 18.9 Å². The van der Waals surface area contributed by atoms with Gasteiger partial charge in [0.2, 0.25) is 0 Å². The summed E-state index contributed by atoms with van der Waals surface area (Å²) in [7, 11) is 0. The highest BCUT2D eigenvalue weighted by molar-refractivity contribution is 4.49. The molecule has 0 aliphatic heterocycles. The van der Waals surface area contributed by atoms with Crippen LogP contribution in [0.5, 0.6) is 0 Å². The Morgan fingerprint density at radius 1 is 0.235 bits per heavy atom. The summed E-state index contributed by atoms with van der Waals surface area (Å²) in [6, 6.07) is 0. The quantitative estimate of drug-likeness (QED) is 0.0917. The molecule has 0 radical (unpaired) electrons. The van der Waals surface area contributed by atoms with Crippen molar-refractivity contribution in [1.82, 2.24) is 0 Å². The molecule has 0 unspecified atom stereocenters. The minimum Gasteiger partial charge on any atom is -0.379 e. The fourth-order valence-electron chi connectivity index (χ4n) is 4.14. The van der Waals surface area contributed by atoms with E-state index in [0.29, 0.717) is 39.6 Å². The standard InChI is InChI=1S/C30H62O4/c1-3-5-7-9-11-12-13-14-15-16-17-18-20-22-24-32-26-28-34-30-29-33-27-25-31-23-21-19-10-8-6-4-2/h3-30H2,1-2H3. The smallest absolute Gasteiger partial charge is 0.0701 e. The van der Waals surface area contributed by atoms with Gasteiger partial charge < -0.3 is 18.9 Å². The van der Waals surface area contributed by atoms with Gasteiger partial charge in [0.25, 0.3) is 0 Å². The minimum atomic E-state index is 0.638. The summed E-state index contributed by atoms with van der Waals surface area (Å²) in [6.07, 6.45) is 27.4. The van der Waals surface area contributed by atoms with Crippen molar-refractivity contribution in [2.24, 2.45) is 0 Å². The van der Waals surface area contributed by atoms with E-state index >= 15 is 0 Å².